The van der Waals surface area contributed by atoms with E-state index in [-0.39, 0.29) is 6.42 Å². The number of nitrogens with two attached hydrogens (primary N) is 2. The van der Waals surface area contributed by atoms with Crippen molar-refractivity contribution >= 4 is 17.5 Å². The number of para-hydroxylation sites is 1. The second-order valence-electron chi connectivity index (χ2n) is 4.58. The van der Waals surface area contributed by atoms with Crippen LogP contribution in [0, 0.1) is 0 Å². The van der Waals surface area contributed by atoms with E-state index >= 15 is 0 Å². The molecule has 8 heteroatoms. The Morgan fingerprint density at radius 2 is 2.10 bits per heavy atom. The minimum Gasteiger partial charge on any atom is -0.370 e. The highest BCUT2D eigenvalue weighted by Crippen LogP contribution is 2.25. The maximum Gasteiger partial charge on any atom is 0.241 e. The number of rotatable bonds is 5. The Labute approximate surface area is 121 Å². The summed E-state index contributed by atoms with van der Waals surface area (Å²) < 4.78 is 1.73. The quantitative estimate of drug-likeness (QED) is 0.691. The summed E-state index contributed by atoms with van der Waals surface area (Å²) in [5.41, 5.74) is 11.9. The lowest BCUT2D eigenvalue weighted by Gasteiger charge is -2.13. The molecule has 2 aromatic rings. The van der Waals surface area contributed by atoms with E-state index in [0.29, 0.717) is 17.1 Å². The van der Waals surface area contributed by atoms with Crippen molar-refractivity contribution in [3.05, 3.63) is 30.6 Å². The number of aryl methyl sites for hydroxylation is 1. The lowest BCUT2D eigenvalue weighted by molar-refractivity contribution is -0.123. The Morgan fingerprint density at radius 3 is 2.71 bits per heavy atom. The molecule has 0 radical (unpaired) electrons. The summed E-state index contributed by atoms with van der Waals surface area (Å²) in [6, 6.07) is 6.13. The predicted molar refractivity (Wildman–Crippen MR) is 76.9 cm³/mol. The van der Waals surface area contributed by atoms with Gasteiger partial charge in [-0.05, 0) is 12.1 Å². The number of nitrogens with zero attached hydrogens (tertiary/aromatic N) is 3. The van der Waals surface area contributed by atoms with Crippen LogP contribution in [-0.4, -0.2) is 32.6 Å². The minimum absolute atomic E-state index is 0.210. The van der Waals surface area contributed by atoms with Gasteiger partial charge in [0, 0.05) is 12.6 Å². The molecule has 0 spiro atoms. The molecule has 2 amide bonds. The minimum atomic E-state index is -0.991. The van der Waals surface area contributed by atoms with Crippen LogP contribution in [0.3, 0.4) is 0 Å². The first-order valence-corrected chi connectivity index (χ1v) is 6.27. The molecule has 0 bridgehead atoms. The third-order valence-electron chi connectivity index (χ3n) is 2.90. The predicted octanol–water partition coefficient (Wildman–Crippen LogP) is -0.377. The molecule has 1 unspecified atom stereocenters. The van der Waals surface area contributed by atoms with Gasteiger partial charge in [-0.2, -0.15) is 0 Å². The maximum absolute atomic E-state index is 12.0. The Morgan fingerprint density at radius 1 is 1.38 bits per heavy atom. The third kappa shape index (κ3) is 3.42. The first-order valence-electron chi connectivity index (χ1n) is 6.27. The molecule has 1 atom stereocenters. The van der Waals surface area contributed by atoms with Crippen molar-refractivity contribution < 1.29 is 9.59 Å². The summed E-state index contributed by atoms with van der Waals surface area (Å²) in [6.45, 7) is 0. The molecule has 2 rings (SSSR count). The molecule has 0 aliphatic rings. The largest absolute Gasteiger partial charge is 0.370 e. The van der Waals surface area contributed by atoms with Crippen molar-refractivity contribution in [3.63, 3.8) is 0 Å². The van der Waals surface area contributed by atoms with E-state index in [1.165, 1.54) is 0 Å². The smallest absolute Gasteiger partial charge is 0.241 e. The summed E-state index contributed by atoms with van der Waals surface area (Å²) in [7, 11) is 1.80. The molecule has 5 N–H and O–H groups in total. The van der Waals surface area contributed by atoms with Crippen LogP contribution in [0.25, 0.3) is 11.4 Å². The van der Waals surface area contributed by atoms with Gasteiger partial charge in [-0.1, -0.05) is 12.1 Å². The number of hydrogen-bond donors (Lipinski definition) is 3. The van der Waals surface area contributed by atoms with Gasteiger partial charge in [-0.25, -0.2) is 0 Å². The van der Waals surface area contributed by atoms with Gasteiger partial charge in [-0.15, -0.1) is 10.2 Å². The number of aromatic nitrogens is 3. The van der Waals surface area contributed by atoms with Gasteiger partial charge in [0.2, 0.25) is 11.8 Å². The van der Waals surface area contributed by atoms with Crippen LogP contribution in [0.15, 0.2) is 30.6 Å². The van der Waals surface area contributed by atoms with Crippen LogP contribution in [0.1, 0.15) is 6.42 Å². The first kappa shape index (κ1) is 14.7. The standard InChI is InChI=1S/C13H16N6O2/c1-19-7-16-18-12(19)8-4-2-3-5-10(8)17-13(21)9(14)6-11(15)20/h2-5,7,9H,6,14H2,1H3,(H2,15,20)(H,17,21). The Balaban J connectivity index is 2.24. The summed E-state index contributed by atoms with van der Waals surface area (Å²) >= 11 is 0. The van der Waals surface area contributed by atoms with Crippen molar-refractivity contribution in [3.8, 4) is 11.4 Å². The molecule has 21 heavy (non-hydrogen) atoms. The van der Waals surface area contributed by atoms with Crippen LogP contribution in [0.5, 0.6) is 0 Å². The van der Waals surface area contributed by atoms with Gasteiger partial charge in [0.1, 0.15) is 6.33 Å². The number of carbonyl (C=O) groups is 2. The van der Waals surface area contributed by atoms with Gasteiger partial charge in [0.15, 0.2) is 5.82 Å². The molecule has 1 aromatic heterocycles. The van der Waals surface area contributed by atoms with Crippen molar-refractivity contribution in [1.29, 1.82) is 0 Å². The zero-order valence-electron chi connectivity index (χ0n) is 11.5. The van der Waals surface area contributed by atoms with Crippen molar-refractivity contribution in [2.45, 2.75) is 12.5 Å². The molecule has 1 aromatic carbocycles. The van der Waals surface area contributed by atoms with Crippen LogP contribution in [0.4, 0.5) is 5.69 Å². The molecule has 0 saturated heterocycles. The fraction of sp³-hybridized carbons (Fsp3) is 0.231. The van der Waals surface area contributed by atoms with E-state index < -0.39 is 17.9 Å². The molecule has 0 fully saturated rings. The van der Waals surface area contributed by atoms with Crippen LogP contribution in [-0.2, 0) is 16.6 Å². The van der Waals surface area contributed by atoms with Crippen molar-refractivity contribution in [2.75, 3.05) is 5.32 Å². The van der Waals surface area contributed by atoms with E-state index in [1.807, 2.05) is 6.07 Å². The lowest BCUT2D eigenvalue weighted by Crippen LogP contribution is -2.39. The van der Waals surface area contributed by atoms with Gasteiger partial charge < -0.3 is 21.4 Å². The van der Waals surface area contributed by atoms with Gasteiger partial charge in [0.25, 0.3) is 0 Å². The highest BCUT2D eigenvalue weighted by atomic mass is 16.2. The topological polar surface area (TPSA) is 129 Å². The molecule has 0 saturated carbocycles. The first-order chi connectivity index (χ1) is 9.99. The van der Waals surface area contributed by atoms with E-state index in [0.717, 1.165) is 0 Å². The summed E-state index contributed by atoms with van der Waals surface area (Å²) in [5.74, 6) is -0.503. The molecule has 110 valence electrons. The van der Waals surface area contributed by atoms with Crippen LogP contribution < -0.4 is 16.8 Å². The average molecular weight is 288 g/mol. The van der Waals surface area contributed by atoms with Crippen LogP contribution in [0.2, 0.25) is 0 Å². The second-order valence-corrected chi connectivity index (χ2v) is 4.58. The average Bonchev–Trinajstić information content (AvgIpc) is 2.84. The molecular formula is C13H16N6O2. The second kappa shape index (κ2) is 6.14. The Hall–Kier alpha value is -2.74. The molecule has 0 aliphatic carbocycles. The van der Waals surface area contributed by atoms with E-state index in [2.05, 4.69) is 15.5 Å². The highest BCUT2D eigenvalue weighted by Gasteiger charge is 2.18. The Kier molecular flexibility index (Phi) is 4.29. The zero-order valence-corrected chi connectivity index (χ0v) is 11.5. The van der Waals surface area contributed by atoms with Gasteiger partial charge in [0.05, 0.1) is 18.2 Å². The van der Waals surface area contributed by atoms with E-state index in [9.17, 15) is 9.59 Å². The van der Waals surface area contributed by atoms with Crippen molar-refractivity contribution in [1.82, 2.24) is 14.8 Å². The number of anilines is 1. The summed E-state index contributed by atoms with van der Waals surface area (Å²) in [6.07, 6.45) is 1.35. The number of amides is 2. The third-order valence-corrected chi connectivity index (χ3v) is 2.90. The fourth-order valence-corrected chi connectivity index (χ4v) is 1.85. The lowest BCUT2D eigenvalue weighted by atomic mass is 10.1. The van der Waals surface area contributed by atoms with E-state index in [1.54, 1.807) is 36.1 Å². The van der Waals surface area contributed by atoms with Crippen LogP contribution >= 0.6 is 0 Å². The highest BCUT2D eigenvalue weighted by molar-refractivity contribution is 5.99. The number of primary amides is 1. The van der Waals surface area contributed by atoms with Gasteiger partial charge in [-0.3, -0.25) is 9.59 Å². The van der Waals surface area contributed by atoms with E-state index in [4.69, 9.17) is 11.5 Å². The summed E-state index contributed by atoms with van der Waals surface area (Å²) in [4.78, 5) is 22.8. The molecular weight excluding hydrogens is 272 g/mol. The number of carbonyl (C=O) groups excluding carboxylic acids is 2. The molecule has 8 nitrogen and oxygen atoms in total. The monoisotopic (exact) mass is 288 g/mol. The molecule has 0 aliphatic heterocycles. The zero-order chi connectivity index (χ0) is 15.4. The maximum atomic E-state index is 12.0. The molecule has 1 heterocycles. The summed E-state index contributed by atoms with van der Waals surface area (Å²) in [5, 5.41) is 10.5. The Bertz CT molecular complexity index is 666. The SMILES string of the molecule is Cn1cnnc1-c1ccccc1NC(=O)C(N)CC(N)=O. The normalized spacial score (nSPS) is 11.9. The van der Waals surface area contributed by atoms with Crippen molar-refractivity contribution in [2.24, 2.45) is 18.5 Å². The number of nitrogens with one attached hydrogen (secondary N) is 1. The number of benzene rings is 1. The fourth-order valence-electron chi connectivity index (χ4n) is 1.85. The number of hydrogen-bond acceptors (Lipinski definition) is 5. The van der Waals surface area contributed by atoms with Gasteiger partial charge >= 0.3 is 0 Å².